The van der Waals surface area contributed by atoms with Gasteiger partial charge in [0, 0.05) is 12.0 Å². The second-order valence-electron chi connectivity index (χ2n) is 4.03. The van der Waals surface area contributed by atoms with Gasteiger partial charge in [0.25, 0.3) is 0 Å². The van der Waals surface area contributed by atoms with Crippen LogP contribution in [-0.2, 0) is 0 Å². The van der Waals surface area contributed by atoms with Crippen LogP contribution in [-0.4, -0.2) is 9.97 Å². The van der Waals surface area contributed by atoms with Crippen molar-refractivity contribution in [2.75, 3.05) is 0 Å². The zero-order valence-electron chi connectivity index (χ0n) is 9.23. The fourth-order valence-electron chi connectivity index (χ4n) is 1.94. The number of fused-ring (bicyclic) bond motifs is 1. The molecule has 0 unspecified atom stereocenters. The Bertz CT molecular complexity index is 629. The maximum Gasteiger partial charge on any atom is 0.101 e. The van der Waals surface area contributed by atoms with Gasteiger partial charge >= 0.3 is 0 Å². The first-order chi connectivity index (χ1) is 8.33. The summed E-state index contributed by atoms with van der Waals surface area (Å²) in [6.45, 7) is 0. The number of allylic oxidation sites excluding steroid dienone is 4. The summed E-state index contributed by atoms with van der Waals surface area (Å²) in [5.41, 5.74) is 3.26. The minimum atomic E-state index is -0.0857. The topological polar surface area (TPSA) is 25.8 Å². The minimum absolute atomic E-state index is 0.0857. The summed E-state index contributed by atoms with van der Waals surface area (Å²) in [6, 6.07) is 7.68. The number of hydrogen-bond acceptors (Lipinski definition) is 2. The molecule has 0 spiro atoms. The molecule has 3 heteroatoms. The molecule has 0 bridgehead atoms. The van der Waals surface area contributed by atoms with Crippen LogP contribution < -0.4 is 0 Å². The van der Waals surface area contributed by atoms with Gasteiger partial charge in [-0.1, -0.05) is 18.2 Å². The molecule has 1 aliphatic carbocycles. The summed E-state index contributed by atoms with van der Waals surface area (Å²) >= 11 is 0. The molecule has 0 radical (unpaired) electrons. The molecule has 0 saturated carbocycles. The van der Waals surface area contributed by atoms with Crippen molar-refractivity contribution in [3.05, 3.63) is 54.1 Å². The molecule has 84 valence electrons. The van der Waals surface area contributed by atoms with Crippen LogP contribution in [0.25, 0.3) is 16.6 Å². The Morgan fingerprint density at radius 1 is 1.12 bits per heavy atom. The van der Waals surface area contributed by atoms with E-state index in [-0.39, 0.29) is 5.83 Å². The van der Waals surface area contributed by atoms with E-state index in [0.29, 0.717) is 6.42 Å². The Hall–Kier alpha value is -2.03. The summed E-state index contributed by atoms with van der Waals surface area (Å²) < 4.78 is 13.2. The Morgan fingerprint density at radius 2 is 1.94 bits per heavy atom. The minimum Gasteiger partial charge on any atom is -0.252 e. The van der Waals surface area contributed by atoms with Crippen LogP contribution in [0.3, 0.4) is 0 Å². The van der Waals surface area contributed by atoms with Crippen molar-refractivity contribution < 1.29 is 4.39 Å². The van der Waals surface area contributed by atoms with Crippen LogP contribution in [0.2, 0.25) is 0 Å². The monoisotopic (exact) mass is 226 g/mol. The number of benzene rings is 1. The molecule has 1 aromatic heterocycles. The summed E-state index contributed by atoms with van der Waals surface area (Å²) in [5.74, 6) is -0.0857. The lowest BCUT2D eigenvalue weighted by Crippen LogP contribution is -1.94. The third-order valence-electron chi connectivity index (χ3n) is 2.80. The Labute approximate surface area is 98.5 Å². The van der Waals surface area contributed by atoms with Crippen molar-refractivity contribution >= 4 is 16.6 Å². The largest absolute Gasteiger partial charge is 0.252 e. The molecule has 0 amide bonds. The highest BCUT2D eigenvalue weighted by Gasteiger charge is 2.08. The molecule has 0 N–H and O–H groups in total. The summed E-state index contributed by atoms with van der Waals surface area (Å²) in [5, 5.41) is 0. The van der Waals surface area contributed by atoms with E-state index < -0.39 is 0 Å². The van der Waals surface area contributed by atoms with E-state index >= 15 is 0 Å². The van der Waals surface area contributed by atoms with E-state index in [1.807, 2.05) is 30.3 Å². The second-order valence-corrected chi connectivity index (χ2v) is 4.03. The van der Waals surface area contributed by atoms with Crippen molar-refractivity contribution in [1.82, 2.24) is 9.97 Å². The molecule has 2 aromatic rings. The Kier molecular flexibility index (Phi) is 2.44. The maximum atomic E-state index is 13.2. The summed E-state index contributed by atoms with van der Waals surface area (Å²) in [6.07, 6.45) is 6.46. The fraction of sp³-hybridized carbons (Fsp3) is 0.143. The summed E-state index contributed by atoms with van der Waals surface area (Å²) in [4.78, 5) is 8.82. The molecule has 17 heavy (non-hydrogen) atoms. The Morgan fingerprint density at radius 3 is 2.76 bits per heavy atom. The van der Waals surface area contributed by atoms with Crippen LogP contribution in [0.5, 0.6) is 0 Å². The van der Waals surface area contributed by atoms with E-state index in [1.54, 1.807) is 12.3 Å². The van der Waals surface area contributed by atoms with Gasteiger partial charge in [-0.15, -0.1) is 0 Å². The van der Waals surface area contributed by atoms with Gasteiger partial charge in [0.15, 0.2) is 0 Å². The van der Waals surface area contributed by atoms with Crippen molar-refractivity contribution in [3.8, 4) is 0 Å². The maximum absolute atomic E-state index is 13.2. The zero-order chi connectivity index (χ0) is 11.7. The first-order valence-electron chi connectivity index (χ1n) is 5.61. The van der Waals surface area contributed by atoms with Gasteiger partial charge in [-0.25, -0.2) is 9.37 Å². The normalized spacial score (nSPS) is 15.6. The first kappa shape index (κ1) is 10.1. The van der Waals surface area contributed by atoms with Gasteiger partial charge in [0.1, 0.15) is 5.83 Å². The number of rotatable bonds is 1. The molecule has 1 heterocycles. The van der Waals surface area contributed by atoms with E-state index in [1.165, 1.54) is 0 Å². The first-order valence-corrected chi connectivity index (χ1v) is 5.61. The van der Waals surface area contributed by atoms with Crippen LogP contribution >= 0.6 is 0 Å². The molecule has 0 fully saturated rings. The highest BCUT2D eigenvalue weighted by molar-refractivity contribution is 5.79. The number of aromatic nitrogens is 2. The molecule has 2 nitrogen and oxygen atoms in total. The molecular weight excluding hydrogens is 215 g/mol. The second kappa shape index (κ2) is 4.09. The average molecular weight is 226 g/mol. The third kappa shape index (κ3) is 1.96. The van der Waals surface area contributed by atoms with Gasteiger partial charge in [-0.05, 0) is 24.6 Å². The lowest BCUT2D eigenvalue weighted by atomic mass is 10.0. The van der Waals surface area contributed by atoms with Gasteiger partial charge < -0.3 is 0 Å². The number of hydrogen-bond donors (Lipinski definition) is 0. The fourth-order valence-corrected chi connectivity index (χ4v) is 1.94. The number of nitrogens with zero attached hydrogens (tertiary/aromatic N) is 2. The molecule has 0 aliphatic heterocycles. The van der Waals surface area contributed by atoms with Crippen LogP contribution in [0.15, 0.2) is 48.4 Å². The Balaban J connectivity index is 2.09. The van der Waals surface area contributed by atoms with Gasteiger partial charge in [-0.3, -0.25) is 4.98 Å². The average Bonchev–Trinajstić information content (AvgIpc) is 2.38. The highest BCUT2D eigenvalue weighted by atomic mass is 19.1. The van der Waals surface area contributed by atoms with Crippen LogP contribution in [0, 0.1) is 0 Å². The molecule has 0 atom stereocenters. The molecule has 1 aromatic carbocycles. The molecular formula is C14H11FN2. The SMILES string of the molecule is FC1=CC(c2cnc3ccccc3n2)=CCC1. The van der Waals surface area contributed by atoms with Gasteiger partial charge in [0.2, 0.25) is 0 Å². The van der Waals surface area contributed by atoms with Crippen molar-refractivity contribution in [3.63, 3.8) is 0 Å². The standard InChI is InChI=1S/C14H11FN2/c15-11-5-3-4-10(8-11)14-9-16-12-6-1-2-7-13(12)17-14/h1-2,4,6-9H,3,5H2. The molecule has 0 saturated heterocycles. The quantitative estimate of drug-likeness (QED) is 0.741. The van der Waals surface area contributed by atoms with Crippen molar-refractivity contribution in [2.24, 2.45) is 0 Å². The number of para-hydroxylation sites is 2. The molecule has 1 aliphatic rings. The van der Waals surface area contributed by atoms with E-state index in [9.17, 15) is 4.39 Å². The van der Waals surface area contributed by atoms with Crippen LogP contribution in [0.1, 0.15) is 18.5 Å². The van der Waals surface area contributed by atoms with Crippen molar-refractivity contribution in [2.45, 2.75) is 12.8 Å². The smallest absolute Gasteiger partial charge is 0.101 e. The van der Waals surface area contributed by atoms with E-state index in [4.69, 9.17) is 0 Å². The third-order valence-corrected chi connectivity index (χ3v) is 2.80. The van der Waals surface area contributed by atoms with Crippen LogP contribution in [0.4, 0.5) is 4.39 Å². The highest BCUT2D eigenvalue weighted by Crippen LogP contribution is 2.25. The lowest BCUT2D eigenvalue weighted by molar-refractivity contribution is 0.589. The van der Waals surface area contributed by atoms with Gasteiger partial charge in [-0.2, -0.15) is 0 Å². The zero-order valence-corrected chi connectivity index (χ0v) is 9.23. The lowest BCUT2D eigenvalue weighted by Gasteiger charge is -2.08. The number of halogens is 1. The predicted molar refractivity (Wildman–Crippen MR) is 65.9 cm³/mol. The summed E-state index contributed by atoms with van der Waals surface area (Å²) in [7, 11) is 0. The molecule has 3 rings (SSSR count). The van der Waals surface area contributed by atoms with E-state index in [2.05, 4.69) is 9.97 Å². The predicted octanol–water partition coefficient (Wildman–Crippen LogP) is 3.66. The van der Waals surface area contributed by atoms with E-state index in [0.717, 1.165) is 28.7 Å². The van der Waals surface area contributed by atoms with Gasteiger partial charge in [0.05, 0.1) is 22.9 Å². The van der Waals surface area contributed by atoms with Crippen molar-refractivity contribution in [1.29, 1.82) is 0 Å².